The van der Waals surface area contributed by atoms with Crippen LogP contribution in [-0.4, -0.2) is 50.1 Å². The monoisotopic (exact) mass is 522 g/mol. The number of anilines is 1. The molecule has 0 radical (unpaired) electrons. The van der Waals surface area contributed by atoms with Crippen molar-refractivity contribution >= 4 is 15.7 Å². The van der Waals surface area contributed by atoms with E-state index in [2.05, 4.69) is 10.1 Å². The summed E-state index contributed by atoms with van der Waals surface area (Å²) >= 11 is 0. The Morgan fingerprint density at radius 2 is 1.73 bits per heavy atom. The molecular weight excluding hydrogens is 492 g/mol. The van der Waals surface area contributed by atoms with Gasteiger partial charge in [-0.05, 0) is 55.8 Å². The SMILES string of the molecule is CCN(c1ccccc1)S(=O)(=O)c1ccc(-n2[nH]c(C)c(Cc3ccc(OCCOC)cc3)c2=O)nc1. The number of ether oxygens (including phenoxy) is 2. The van der Waals surface area contributed by atoms with Gasteiger partial charge in [0.05, 0.1) is 12.3 Å². The summed E-state index contributed by atoms with van der Waals surface area (Å²) in [6.07, 6.45) is 1.71. The van der Waals surface area contributed by atoms with Crippen molar-refractivity contribution in [3.63, 3.8) is 0 Å². The number of nitrogens with zero attached hydrogens (tertiary/aromatic N) is 3. The lowest BCUT2D eigenvalue weighted by molar-refractivity contribution is 0.146. The molecule has 0 fully saturated rings. The van der Waals surface area contributed by atoms with Gasteiger partial charge in [-0.2, -0.15) is 0 Å². The zero-order chi connectivity index (χ0) is 26.4. The van der Waals surface area contributed by atoms with Crippen LogP contribution in [0.15, 0.2) is 82.6 Å². The zero-order valence-corrected chi connectivity index (χ0v) is 21.9. The Labute approximate surface area is 216 Å². The molecule has 0 saturated heterocycles. The number of H-pyrrole nitrogens is 1. The number of hydrogen-bond donors (Lipinski definition) is 1. The molecular formula is C27H30N4O5S. The average Bonchev–Trinajstić information content (AvgIpc) is 3.19. The standard InChI is InChI=1S/C27H30N4O5S/c1-4-30(22-8-6-5-7-9-22)37(33,34)24-14-15-26(28-19-24)31-27(32)25(20(2)29-31)18-21-10-12-23(13-11-21)36-17-16-35-3/h5-15,19,29H,4,16-18H2,1-3H3. The Bertz CT molecular complexity index is 1480. The van der Waals surface area contributed by atoms with E-state index in [0.29, 0.717) is 42.4 Å². The first-order valence-electron chi connectivity index (χ1n) is 11.9. The quantitative estimate of drug-likeness (QED) is 0.301. The van der Waals surface area contributed by atoms with Gasteiger partial charge in [-0.3, -0.25) is 14.2 Å². The summed E-state index contributed by atoms with van der Waals surface area (Å²) in [6.45, 7) is 4.85. The summed E-state index contributed by atoms with van der Waals surface area (Å²) in [5.74, 6) is 1.04. The van der Waals surface area contributed by atoms with Crippen molar-refractivity contribution in [2.45, 2.75) is 25.2 Å². The van der Waals surface area contributed by atoms with E-state index in [1.54, 1.807) is 38.3 Å². The second-order valence-corrected chi connectivity index (χ2v) is 10.2. The second-order valence-electron chi connectivity index (χ2n) is 8.38. The number of nitrogens with one attached hydrogen (secondary N) is 1. The van der Waals surface area contributed by atoms with Crippen LogP contribution in [0, 0.1) is 6.92 Å². The number of para-hydroxylation sites is 1. The van der Waals surface area contributed by atoms with Crippen LogP contribution in [0.5, 0.6) is 5.75 Å². The first kappa shape index (κ1) is 26.2. The van der Waals surface area contributed by atoms with E-state index in [-0.39, 0.29) is 17.0 Å². The zero-order valence-electron chi connectivity index (χ0n) is 21.0. The predicted octanol–water partition coefficient (Wildman–Crippen LogP) is 3.70. The molecule has 0 saturated carbocycles. The fourth-order valence-electron chi connectivity index (χ4n) is 3.97. The Kier molecular flexibility index (Phi) is 8.10. The third-order valence-corrected chi connectivity index (χ3v) is 7.81. The minimum atomic E-state index is -3.81. The molecule has 0 atom stereocenters. The van der Waals surface area contributed by atoms with Crippen LogP contribution in [-0.2, 0) is 21.2 Å². The van der Waals surface area contributed by atoms with Gasteiger partial charge in [0.25, 0.3) is 15.6 Å². The van der Waals surface area contributed by atoms with Crippen LogP contribution in [0.2, 0.25) is 0 Å². The van der Waals surface area contributed by atoms with Crippen molar-refractivity contribution in [1.29, 1.82) is 0 Å². The summed E-state index contributed by atoms with van der Waals surface area (Å²) in [7, 11) is -2.19. The number of benzene rings is 2. The molecule has 2 aromatic heterocycles. The Balaban J connectivity index is 1.54. The van der Waals surface area contributed by atoms with Crippen molar-refractivity contribution in [2.75, 3.05) is 31.2 Å². The highest BCUT2D eigenvalue weighted by molar-refractivity contribution is 7.92. The van der Waals surface area contributed by atoms with Gasteiger partial charge in [0.15, 0.2) is 5.82 Å². The van der Waals surface area contributed by atoms with Gasteiger partial charge in [-0.25, -0.2) is 18.1 Å². The van der Waals surface area contributed by atoms with Gasteiger partial charge >= 0.3 is 0 Å². The maximum absolute atomic E-state index is 13.2. The van der Waals surface area contributed by atoms with Crippen molar-refractivity contribution in [1.82, 2.24) is 14.8 Å². The summed E-state index contributed by atoms with van der Waals surface area (Å²) in [4.78, 5) is 17.5. The molecule has 0 aliphatic rings. The molecule has 0 bridgehead atoms. The number of hydrogen-bond acceptors (Lipinski definition) is 6. The first-order valence-corrected chi connectivity index (χ1v) is 13.3. The average molecular weight is 523 g/mol. The van der Waals surface area contributed by atoms with E-state index < -0.39 is 10.0 Å². The third kappa shape index (κ3) is 5.76. The van der Waals surface area contributed by atoms with Gasteiger partial charge in [0, 0.05) is 37.5 Å². The lowest BCUT2D eigenvalue weighted by atomic mass is 10.1. The van der Waals surface area contributed by atoms with Gasteiger partial charge < -0.3 is 9.47 Å². The van der Waals surface area contributed by atoms with Gasteiger partial charge in [0.1, 0.15) is 17.3 Å². The van der Waals surface area contributed by atoms with E-state index in [4.69, 9.17) is 9.47 Å². The molecule has 2 heterocycles. The van der Waals surface area contributed by atoms with Crippen molar-refractivity contribution in [3.8, 4) is 11.6 Å². The normalized spacial score (nSPS) is 11.4. The van der Waals surface area contributed by atoms with E-state index in [9.17, 15) is 13.2 Å². The maximum atomic E-state index is 13.2. The number of aryl methyl sites for hydroxylation is 1. The van der Waals surface area contributed by atoms with Gasteiger partial charge in [0.2, 0.25) is 0 Å². The second kappa shape index (κ2) is 11.4. The molecule has 194 valence electrons. The molecule has 0 unspecified atom stereocenters. The largest absolute Gasteiger partial charge is 0.491 e. The van der Waals surface area contributed by atoms with Crippen LogP contribution >= 0.6 is 0 Å². The smallest absolute Gasteiger partial charge is 0.276 e. The fourth-order valence-corrected chi connectivity index (χ4v) is 5.39. The summed E-state index contributed by atoms with van der Waals surface area (Å²) < 4.78 is 39.7. The topological polar surface area (TPSA) is 107 Å². The Morgan fingerprint density at radius 1 is 1.00 bits per heavy atom. The molecule has 1 N–H and O–H groups in total. The minimum Gasteiger partial charge on any atom is -0.491 e. The Morgan fingerprint density at radius 3 is 2.35 bits per heavy atom. The highest BCUT2D eigenvalue weighted by atomic mass is 32.2. The summed E-state index contributed by atoms with van der Waals surface area (Å²) in [5, 5.41) is 3.06. The lowest BCUT2D eigenvalue weighted by Crippen LogP contribution is -2.30. The van der Waals surface area contributed by atoms with Crippen molar-refractivity contribution in [3.05, 3.63) is 100 Å². The predicted molar refractivity (Wildman–Crippen MR) is 142 cm³/mol. The van der Waals surface area contributed by atoms with Crippen LogP contribution in [0.3, 0.4) is 0 Å². The molecule has 4 aromatic rings. The Hall–Kier alpha value is -3.89. The van der Waals surface area contributed by atoms with Gasteiger partial charge in [-0.15, -0.1) is 0 Å². The van der Waals surface area contributed by atoms with E-state index in [1.807, 2.05) is 37.3 Å². The molecule has 0 aliphatic heterocycles. The van der Waals surface area contributed by atoms with Crippen LogP contribution in [0.1, 0.15) is 23.7 Å². The summed E-state index contributed by atoms with van der Waals surface area (Å²) in [6, 6.07) is 19.5. The molecule has 9 nitrogen and oxygen atoms in total. The van der Waals surface area contributed by atoms with Crippen molar-refractivity contribution in [2.24, 2.45) is 0 Å². The fraction of sp³-hybridized carbons (Fsp3) is 0.259. The first-order chi connectivity index (χ1) is 17.8. The molecule has 37 heavy (non-hydrogen) atoms. The highest BCUT2D eigenvalue weighted by Gasteiger charge is 2.24. The number of aromatic amines is 1. The highest BCUT2D eigenvalue weighted by Crippen LogP contribution is 2.23. The van der Waals surface area contributed by atoms with Gasteiger partial charge in [-0.1, -0.05) is 30.3 Å². The third-order valence-electron chi connectivity index (χ3n) is 5.92. The molecule has 10 heteroatoms. The number of pyridine rings is 1. The van der Waals surface area contributed by atoms with Crippen molar-refractivity contribution < 1.29 is 17.9 Å². The minimum absolute atomic E-state index is 0.0475. The van der Waals surface area contributed by atoms with E-state index in [0.717, 1.165) is 11.3 Å². The van der Waals surface area contributed by atoms with Crippen LogP contribution in [0.25, 0.3) is 5.82 Å². The van der Waals surface area contributed by atoms with Crippen LogP contribution < -0.4 is 14.6 Å². The molecule has 0 amide bonds. The van der Waals surface area contributed by atoms with E-state index >= 15 is 0 Å². The molecule has 0 spiro atoms. The summed E-state index contributed by atoms with van der Waals surface area (Å²) in [5.41, 5.74) is 2.61. The molecule has 2 aromatic carbocycles. The molecule has 4 rings (SSSR count). The maximum Gasteiger partial charge on any atom is 0.276 e. The lowest BCUT2D eigenvalue weighted by Gasteiger charge is -2.22. The molecule has 0 aliphatic carbocycles. The number of methoxy groups -OCH3 is 1. The van der Waals surface area contributed by atoms with Crippen LogP contribution in [0.4, 0.5) is 5.69 Å². The van der Waals surface area contributed by atoms with E-state index in [1.165, 1.54) is 27.3 Å². The number of rotatable bonds is 11. The number of sulfonamides is 1. The number of aromatic nitrogens is 3.